The number of hydrogen-bond acceptors (Lipinski definition) is 2. The topological polar surface area (TPSA) is 33.2 Å². The Kier molecular flexibility index (Phi) is 5.01. The van der Waals surface area contributed by atoms with E-state index >= 15 is 0 Å². The number of rotatable bonds is 4. The smallest absolute Gasteiger partial charge is 0.225 e. The standard InChI is InChI=1S/C25H25ClN2O/c26-24-21-3-1-2-4-23(21)27-16-22(24)19-7-5-17(6-8-19)15-18-11-13-28(14-12-18)25(29)20-9-10-20/h1-8,16,18,20H,9-15H2. The predicted molar refractivity (Wildman–Crippen MR) is 118 cm³/mol. The SMILES string of the molecule is O=C(C1CC1)N1CCC(Cc2ccc(-c3cnc4ccccc4c3Cl)cc2)CC1. The highest BCUT2D eigenvalue weighted by Crippen LogP contribution is 2.34. The first kappa shape index (κ1) is 18.6. The highest BCUT2D eigenvalue weighted by atomic mass is 35.5. The van der Waals surface area contributed by atoms with Crippen LogP contribution < -0.4 is 0 Å². The molecule has 1 saturated carbocycles. The monoisotopic (exact) mass is 404 g/mol. The molecule has 1 aliphatic heterocycles. The number of pyridine rings is 1. The Labute approximate surface area is 176 Å². The van der Waals surface area contributed by atoms with Gasteiger partial charge in [0.1, 0.15) is 0 Å². The first-order valence-corrected chi connectivity index (χ1v) is 11.0. The van der Waals surface area contributed by atoms with Gasteiger partial charge >= 0.3 is 0 Å². The summed E-state index contributed by atoms with van der Waals surface area (Å²) in [5.74, 6) is 1.40. The van der Waals surface area contributed by atoms with E-state index in [0.29, 0.717) is 17.7 Å². The Morgan fingerprint density at radius 1 is 1.00 bits per heavy atom. The number of likely N-dealkylation sites (tertiary alicyclic amines) is 1. The van der Waals surface area contributed by atoms with Crippen LogP contribution in [0.2, 0.25) is 5.02 Å². The summed E-state index contributed by atoms with van der Waals surface area (Å²) >= 11 is 6.67. The van der Waals surface area contributed by atoms with Crippen LogP contribution in [-0.2, 0) is 11.2 Å². The number of benzene rings is 2. The van der Waals surface area contributed by atoms with Gasteiger partial charge in [-0.2, -0.15) is 0 Å². The lowest BCUT2D eigenvalue weighted by Gasteiger charge is -2.32. The molecule has 1 amide bonds. The fourth-order valence-electron chi connectivity index (χ4n) is 4.41. The number of hydrogen-bond donors (Lipinski definition) is 0. The summed E-state index contributed by atoms with van der Waals surface area (Å²) in [6.07, 6.45) is 7.37. The van der Waals surface area contributed by atoms with Gasteiger partial charge in [-0.05, 0) is 55.2 Å². The summed E-state index contributed by atoms with van der Waals surface area (Å²) in [7, 11) is 0. The van der Waals surface area contributed by atoms with Crippen molar-refractivity contribution in [3.05, 3.63) is 65.3 Å². The van der Waals surface area contributed by atoms with E-state index in [0.717, 1.165) is 72.2 Å². The van der Waals surface area contributed by atoms with Crippen LogP contribution in [0.1, 0.15) is 31.2 Å². The second-order valence-electron chi connectivity index (χ2n) is 8.45. The first-order chi connectivity index (χ1) is 14.2. The van der Waals surface area contributed by atoms with E-state index in [2.05, 4.69) is 34.1 Å². The number of carbonyl (C=O) groups is 1. The molecule has 1 saturated heterocycles. The number of aromatic nitrogens is 1. The van der Waals surface area contributed by atoms with Crippen molar-refractivity contribution in [3.63, 3.8) is 0 Å². The third-order valence-corrected chi connectivity index (χ3v) is 6.76. The Morgan fingerprint density at radius 2 is 1.72 bits per heavy atom. The van der Waals surface area contributed by atoms with Crippen LogP contribution in [0, 0.1) is 11.8 Å². The highest BCUT2D eigenvalue weighted by molar-refractivity contribution is 6.38. The molecule has 2 aromatic carbocycles. The lowest BCUT2D eigenvalue weighted by molar-refractivity contribution is -0.133. The zero-order valence-corrected chi connectivity index (χ0v) is 17.2. The lowest BCUT2D eigenvalue weighted by atomic mass is 9.89. The molecule has 1 aromatic heterocycles. The van der Waals surface area contributed by atoms with Gasteiger partial charge < -0.3 is 4.90 Å². The van der Waals surface area contributed by atoms with E-state index in [1.165, 1.54) is 5.56 Å². The van der Waals surface area contributed by atoms with Crippen molar-refractivity contribution in [1.82, 2.24) is 9.88 Å². The van der Waals surface area contributed by atoms with Gasteiger partial charge in [0.25, 0.3) is 0 Å². The van der Waals surface area contributed by atoms with Crippen molar-refractivity contribution in [2.24, 2.45) is 11.8 Å². The molecule has 0 bridgehead atoms. The number of nitrogens with zero attached hydrogens (tertiary/aromatic N) is 2. The van der Waals surface area contributed by atoms with Crippen LogP contribution in [0.4, 0.5) is 0 Å². The molecule has 2 heterocycles. The first-order valence-electron chi connectivity index (χ1n) is 10.6. The summed E-state index contributed by atoms with van der Waals surface area (Å²) < 4.78 is 0. The average Bonchev–Trinajstić information content (AvgIpc) is 3.61. The van der Waals surface area contributed by atoms with E-state index in [4.69, 9.17) is 11.6 Å². The molecule has 1 aliphatic carbocycles. The second-order valence-corrected chi connectivity index (χ2v) is 8.82. The number of para-hydroxylation sites is 1. The predicted octanol–water partition coefficient (Wildman–Crippen LogP) is 5.75. The normalized spacial score (nSPS) is 17.6. The molecule has 0 spiro atoms. The molecular formula is C25H25ClN2O. The van der Waals surface area contributed by atoms with Crippen molar-refractivity contribution in [1.29, 1.82) is 0 Å². The van der Waals surface area contributed by atoms with E-state index in [1.807, 2.05) is 30.5 Å². The van der Waals surface area contributed by atoms with E-state index in [9.17, 15) is 4.79 Å². The van der Waals surface area contributed by atoms with Crippen LogP contribution in [0.15, 0.2) is 54.7 Å². The third kappa shape index (κ3) is 3.89. The van der Waals surface area contributed by atoms with Gasteiger partial charge in [0.15, 0.2) is 0 Å². The fraction of sp³-hybridized carbons (Fsp3) is 0.360. The summed E-state index contributed by atoms with van der Waals surface area (Å²) in [5, 5.41) is 1.75. The van der Waals surface area contributed by atoms with Crippen LogP contribution in [0.3, 0.4) is 0 Å². The average molecular weight is 405 g/mol. The Bertz CT molecular complexity index is 1030. The highest BCUT2D eigenvalue weighted by Gasteiger charge is 2.34. The minimum Gasteiger partial charge on any atom is -0.342 e. The molecule has 3 aromatic rings. The molecule has 0 unspecified atom stereocenters. The maximum Gasteiger partial charge on any atom is 0.225 e. The second kappa shape index (κ2) is 7.79. The van der Waals surface area contributed by atoms with Crippen molar-refractivity contribution in [2.75, 3.05) is 13.1 Å². The number of carbonyl (C=O) groups excluding carboxylic acids is 1. The Hall–Kier alpha value is -2.39. The molecule has 3 nitrogen and oxygen atoms in total. The number of halogens is 1. The van der Waals surface area contributed by atoms with Gasteiger partial charge in [-0.15, -0.1) is 0 Å². The summed E-state index contributed by atoms with van der Waals surface area (Å²) in [4.78, 5) is 18.9. The van der Waals surface area contributed by atoms with Crippen LogP contribution in [-0.4, -0.2) is 28.9 Å². The molecule has 4 heteroatoms. The molecular weight excluding hydrogens is 380 g/mol. The van der Waals surface area contributed by atoms with Crippen molar-refractivity contribution in [2.45, 2.75) is 32.1 Å². The lowest BCUT2D eigenvalue weighted by Crippen LogP contribution is -2.39. The zero-order chi connectivity index (χ0) is 19.8. The molecule has 29 heavy (non-hydrogen) atoms. The van der Waals surface area contributed by atoms with Crippen molar-refractivity contribution in [3.8, 4) is 11.1 Å². The minimum atomic E-state index is 0.343. The quantitative estimate of drug-likeness (QED) is 0.555. The Balaban J connectivity index is 1.25. The molecule has 2 fully saturated rings. The third-order valence-electron chi connectivity index (χ3n) is 6.35. The summed E-state index contributed by atoms with van der Waals surface area (Å²) in [5.41, 5.74) is 4.35. The van der Waals surface area contributed by atoms with Gasteiger partial charge in [0, 0.05) is 36.2 Å². The summed E-state index contributed by atoms with van der Waals surface area (Å²) in [6.45, 7) is 1.85. The molecule has 2 aliphatic rings. The van der Waals surface area contributed by atoms with Crippen LogP contribution in [0.5, 0.6) is 0 Å². The Morgan fingerprint density at radius 3 is 2.45 bits per heavy atom. The van der Waals surface area contributed by atoms with Gasteiger partial charge in [0.05, 0.1) is 10.5 Å². The van der Waals surface area contributed by atoms with Gasteiger partial charge in [-0.25, -0.2) is 0 Å². The maximum absolute atomic E-state index is 12.2. The van der Waals surface area contributed by atoms with Crippen molar-refractivity contribution < 1.29 is 4.79 Å². The van der Waals surface area contributed by atoms with Gasteiger partial charge in [-0.1, -0.05) is 54.1 Å². The molecule has 5 rings (SSSR count). The molecule has 0 N–H and O–H groups in total. The molecule has 0 atom stereocenters. The zero-order valence-electron chi connectivity index (χ0n) is 16.5. The van der Waals surface area contributed by atoms with E-state index in [1.54, 1.807) is 0 Å². The van der Waals surface area contributed by atoms with Crippen molar-refractivity contribution >= 4 is 28.4 Å². The molecule has 148 valence electrons. The number of piperidine rings is 1. The van der Waals surface area contributed by atoms with Gasteiger partial charge in [0.2, 0.25) is 5.91 Å². The molecule has 0 radical (unpaired) electrons. The number of fused-ring (bicyclic) bond motifs is 1. The van der Waals surface area contributed by atoms with Crippen LogP contribution in [0.25, 0.3) is 22.0 Å². The largest absolute Gasteiger partial charge is 0.342 e. The van der Waals surface area contributed by atoms with E-state index in [-0.39, 0.29) is 0 Å². The van der Waals surface area contributed by atoms with Gasteiger partial charge in [-0.3, -0.25) is 9.78 Å². The number of amides is 1. The van der Waals surface area contributed by atoms with Crippen LogP contribution >= 0.6 is 11.6 Å². The van der Waals surface area contributed by atoms with E-state index < -0.39 is 0 Å². The summed E-state index contributed by atoms with van der Waals surface area (Å²) in [6, 6.07) is 16.7. The maximum atomic E-state index is 12.2. The minimum absolute atomic E-state index is 0.343. The fourth-order valence-corrected chi connectivity index (χ4v) is 4.73.